The van der Waals surface area contributed by atoms with E-state index in [0.29, 0.717) is 17.2 Å². The molecule has 17 heavy (non-hydrogen) atoms. The summed E-state index contributed by atoms with van der Waals surface area (Å²) in [5.41, 5.74) is 0.622. The van der Waals surface area contributed by atoms with Crippen LogP contribution in [0.15, 0.2) is 22.7 Å². The van der Waals surface area contributed by atoms with Crippen LogP contribution in [-0.4, -0.2) is 12.4 Å². The molecule has 1 aromatic carbocycles. The van der Waals surface area contributed by atoms with Crippen LogP contribution in [0, 0.1) is 5.92 Å². The second-order valence-electron chi connectivity index (χ2n) is 4.72. The van der Waals surface area contributed by atoms with Gasteiger partial charge in [0.05, 0.1) is 5.56 Å². The molecule has 0 aromatic heterocycles. The lowest BCUT2D eigenvalue weighted by Gasteiger charge is -2.29. The molecule has 0 radical (unpaired) electrons. The maximum absolute atomic E-state index is 11.0. The predicted molar refractivity (Wildman–Crippen MR) is 71.6 cm³/mol. The molecule has 0 spiro atoms. The van der Waals surface area contributed by atoms with E-state index in [1.54, 1.807) is 6.07 Å². The highest BCUT2D eigenvalue weighted by Gasteiger charge is 2.23. The number of hydrogen-bond donors (Lipinski definition) is 0. The van der Waals surface area contributed by atoms with Gasteiger partial charge in [-0.05, 0) is 43.4 Å². The standard InChI is InChI=1S/C14H17BrO2/c1-10-4-2-3-5-13(10)17-14-7-6-12(15)8-11(14)9-16/h6-10,13H,2-5H2,1H3. The van der Waals surface area contributed by atoms with Crippen molar-refractivity contribution in [3.05, 3.63) is 28.2 Å². The van der Waals surface area contributed by atoms with Crippen molar-refractivity contribution in [3.8, 4) is 5.75 Å². The zero-order valence-electron chi connectivity index (χ0n) is 9.99. The van der Waals surface area contributed by atoms with Crippen LogP contribution >= 0.6 is 15.9 Å². The Kier molecular flexibility index (Phi) is 4.21. The highest BCUT2D eigenvalue weighted by Crippen LogP contribution is 2.30. The first kappa shape index (κ1) is 12.6. The molecule has 2 unspecified atom stereocenters. The Morgan fingerprint density at radius 3 is 2.82 bits per heavy atom. The maximum atomic E-state index is 11.0. The molecule has 1 aliphatic carbocycles. The molecule has 2 atom stereocenters. The van der Waals surface area contributed by atoms with E-state index in [2.05, 4.69) is 22.9 Å². The smallest absolute Gasteiger partial charge is 0.153 e. The number of carbonyl (C=O) groups is 1. The summed E-state index contributed by atoms with van der Waals surface area (Å²) in [7, 11) is 0. The lowest BCUT2D eigenvalue weighted by molar-refractivity contribution is 0.0986. The summed E-state index contributed by atoms with van der Waals surface area (Å²) in [5, 5.41) is 0. The first-order chi connectivity index (χ1) is 8.20. The van der Waals surface area contributed by atoms with E-state index in [9.17, 15) is 4.79 Å². The van der Waals surface area contributed by atoms with Crippen molar-refractivity contribution in [2.75, 3.05) is 0 Å². The van der Waals surface area contributed by atoms with Gasteiger partial charge in [-0.3, -0.25) is 4.79 Å². The van der Waals surface area contributed by atoms with Crippen molar-refractivity contribution in [2.24, 2.45) is 5.92 Å². The summed E-state index contributed by atoms with van der Waals surface area (Å²) in [6.07, 6.45) is 5.94. The van der Waals surface area contributed by atoms with Gasteiger partial charge in [-0.1, -0.05) is 29.3 Å². The van der Waals surface area contributed by atoms with Gasteiger partial charge < -0.3 is 4.74 Å². The van der Waals surface area contributed by atoms with Crippen molar-refractivity contribution in [3.63, 3.8) is 0 Å². The molecule has 92 valence electrons. The number of aldehydes is 1. The second-order valence-corrected chi connectivity index (χ2v) is 5.63. The molecular weight excluding hydrogens is 280 g/mol. The molecule has 2 nitrogen and oxygen atoms in total. The number of ether oxygens (including phenoxy) is 1. The third kappa shape index (κ3) is 3.09. The monoisotopic (exact) mass is 296 g/mol. The summed E-state index contributed by atoms with van der Waals surface area (Å²) < 4.78 is 6.90. The van der Waals surface area contributed by atoms with Crippen LogP contribution < -0.4 is 4.74 Å². The largest absolute Gasteiger partial charge is 0.489 e. The van der Waals surface area contributed by atoms with Crippen molar-refractivity contribution in [1.82, 2.24) is 0 Å². The van der Waals surface area contributed by atoms with Crippen molar-refractivity contribution >= 4 is 22.2 Å². The number of benzene rings is 1. The molecule has 1 aromatic rings. The Morgan fingerprint density at radius 2 is 2.12 bits per heavy atom. The summed E-state index contributed by atoms with van der Waals surface area (Å²) in [6.45, 7) is 2.23. The highest BCUT2D eigenvalue weighted by molar-refractivity contribution is 9.10. The van der Waals surface area contributed by atoms with Gasteiger partial charge >= 0.3 is 0 Å². The summed E-state index contributed by atoms with van der Waals surface area (Å²) in [4.78, 5) is 11.0. The second kappa shape index (κ2) is 5.67. The van der Waals surface area contributed by atoms with Crippen LogP contribution in [0.3, 0.4) is 0 Å². The van der Waals surface area contributed by atoms with Gasteiger partial charge in [-0.2, -0.15) is 0 Å². The van der Waals surface area contributed by atoms with Gasteiger partial charge in [-0.15, -0.1) is 0 Å². The van der Waals surface area contributed by atoms with Crippen LogP contribution in [0.4, 0.5) is 0 Å². The molecule has 0 saturated heterocycles. The van der Waals surface area contributed by atoms with Gasteiger partial charge in [0, 0.05) is 4.47 Å². The minimum absolute atomic E-state index is 0.253. The van der Waals surface area contributed by atoms with Crippen LogP contribution in [-0.2, 0) is 0 Å². The van der Waals surface area contributed by atoms with Gasteiger partial charge in [0.2, 0.25) is 0 Å². The molecule has 2 rings (SSSR count). The van der Waals surface area contributed by atoms with Crippen molar-refractivity contribution in [2.45, 2.75) is 38.7 Å². The fourth-order valence-electron chi connectivity index (χ4n) is 2.34. The van der Waals surface area contributed by atoms with Gasteiger partial charge in [-0.25, -0.2) is 0 Å². The van der Waals surface area contributed by atoms with E-state index < -0.39 is 0 Å². The van der Waals surface area contributed by atoms with Gasteiger partial charge in [0.15, 0.2) is 6.29 Å². The maximum Gasteiger partial charge on any atom is 0.153 e. The van der Waals surface area contributed by atoms with E-state index in [0.717, 1.165) is 17.2 Å². The number of halogens is 1. The zero-order valence-corrected chi connectivity index (χ0v) is 11.6. The Hall–Kier alpha value is -0.830. The van der Waals surface area contributed by atoms with Gasteiger partial charge in [0.25, 0.3) is 0 Å². The van der Waals surface area contributed by atoms with Crippen LogP contribution in [0.2, 0.25) is 0 Å². The Morgan fingerprint density at radius 1 is 1.35 bits per heavy atom. The quantitative estimate of drug-likeness (QED) is 0.781. The van der Waals surface area contributed by atoms with E-state index in [4.69, 9.17) is 4.74 Å². The average molecular weight is 297 g/mol. The third-order valence-corrected chi connectivity index (χ3v) is 3.90. The lowest BCUT2D eigenvalue weighted by Crippen LogP contribution is -2.28. The lowest BCUT2D eigenvalue weighted by atomic mass is 9.88. The molecule has 1 aliphatic rings. The molecule has 0 bridgehead atoms. The first-order valence-electron chi connectivity index (χ1n) is 6.12. The third-order valence-electron chi connectivity index (χ3n) is 3.41. The first-order valence-corrected chi connectivity index (χ1v) is 6.91. The van der Waals surface area contributed by atoms with Crippen LogP contribution in [0.25, 0.3) is 0 Å². The number of carbonyl (C=O) groups excluding carboxylic acids is 1. The molecule has 0 amide bonds. The van der Waals surface area contributed by atoms with E-state index >= 15 is 0 Å². The number of hydrogen-bond acceptors (Lipinski definition) is 2. The SMILES string of the molecule is CC1CCCCC1Oc1ccc(Br)cc1C=O. The highest BCUT2D eigenvalue weighted by atomic mass is 79.9. The number of rotatable bonds is 3. The Balaban J connectivity index is 2.14. The van der Waals surface area contributed by atoms with E-state index in [-0.39, 0.29) is 6.10 Å². The predicted octanol–water partition coefficient (Wildman–Crippen LogP) is 4.22. The van der Waals surface area contributed by atoms with E-state index in [1.165, 1.54) is 19.3 Å². The van der Waals surface area contributed by atoms with Crippen LogP contribution in [0.1, 0.15) is 43.0 Å². The molecule has 3 heteroatoms. The molecule has 1 fully saturated rings. The van der Waals surface area contributed by atoms with Crippen molar-refractivity contribution in [1.29, 1.82) is 0 Å². The summed E-state index contributed by atoms with van der Waals surface area (Å²) in [5.74, 6) is 1.29. The molecule has 0 N–H and O–H groups in total. The fourth-order valence-corrected chi connectivity index (χ4v) is 2.72. The molecule has 0 heterocycles. The zero-order chi connectivity index (χ0) is 12.3. The van der Waals surface area contributed by atoms with E-state index in [1.807, 2.05) is 12.1 Å². The molecule has 0 aliphatic heterocycles. The summed E-state index contributed by atoms with van der Waals surface area (Å²) in [6, 6.07) is 5.58. The molecular formula is C14H17BrO2. The average Bonchev–Trinajstić information content (AvgIpc) is 2.34. The minimum Gasteiger partial charge on any atom is -0.489 e. The minimum atomic E-state index is 0.253. The topological polar surface area (TPSA) is 26.3 Å². The Labute approximate surface area is 110 Å². The Bertz CT molecular complexity index is 403. The summed E-state index contributed by atoms with van der Waals surface area (Å²) >= 11 is 3.36. The van der Waals surface area contributed by atoms with Crippen LogP contribution in [0.5, 0.6) is 5.75 Å². The normalized spacial score (nSPS) is 24.4. The van der Waals surface area contributed by atoms with Crippen molar-refractivity contribution < 1.29 is 9.53 Å². The fraction of sp³-hybridized carbons (Fsp3) is 0.500. The molecule has 1 saturated carbocycles. The van der Waals surface area contributed by atoms with Gasteiger partial charge in [0.1, 0.15) is 11.9 Å².